The molecule has 0 aliphatic rings. The van der Waals surface area contributed by atoms with Gasteiger partial charge in [-0.2, -0.15) is 4.98 Å². The second kappa shape index (κ2) is 9.90. The molecule has 8 heteroatoms. The van der Waals surface area contributed by atoms with Crippen LogP contribution in [0.15, 0.2) is 70.6 Å². The van der Waals surface area contributed by atoms with Gasteiger partial charge in [0.15, 0.2) is 6.61 Å². The van der Waals surface area contributed by atoms with E-state index in [4.69, 9.17) is 14.0 Å². The first-order chi connectivity index (χ1) is 15.2. The highest BCUT2D eigenvalue weighted by Gasteiger charge is 2.13. The van der Waals surface area contributed by atoms with Gasteiger partial charge in [0.25, 0.3) is 5.91 Å². The Morgan fingerprint density at radius 2 is 1.81 bits per heavy atom. The third-order valence-corrected chi connectivity index (χ3v) is 5.21. The Labute approximate surface area is 183 Å². The molecular weight excluding hydrogens is 414 g/mol. The number of hydrogen-bond donors (Lipinski definition) is 1. The van der Waals surface area contributed by atoms with Gasteiger partial charge >= 0.3 is 0 Å². The summed E-state index contributed by atoms with van der Waals surface area (Å²) in [6.45, 7) is 2.42. The van der Waals surface area contributed by atoms with Crippen LogP contribution in [0.1, 0.15) is 18.4 Å². The maximum absolute atomic E-state index is 12.4. The number of hydrogen-bond acceptors (Lipinski definition) is 7. The van der Waals surface area contributed by atoms with Gasteiger partial charge in [-0.1, -0.05) is 29.4 Å². The number of para-hydroxylation sites is 1. The topological polar surface area (TPSA) is 86.5 Å². The summed E-state index contributed by atoms with van der Waals surface area (Å²) >= 11 is 1.55. The molecule has 0 spiro atoms. The fourth-order valence-electron chi connectivity index (χ4n) is 2.93. The van der Waals surface area contributed by atoms with Crippen LogP contribution in [-0.2, 0) is 11.2 Å². The number of carbonyl (C=O) groups is 1. The number of ether oxygens (including phenoxy) is 2. The third kappa shape index (κ3) is 5.49. The van der Waals surface area contributed by atoms with Gasteiger partial charge in [-0.25, -0.2) is 0 Å². The fourth-order valence-corrected chi connectivity index (χ4v) is 3.57. The second-order valence-corrected chi connectivity index (χ2v) is 7.51. The number of nitrogens with zero attached hydrogens (tertiary/aromatic N) is 2. The highest BCUT2D eigenvalue weighted by molar-refractivity contribution is 7.13. The van der Waals surface area contributed by atoms with Crippen LogP contribution >= 0.6 is 11.3 Å². The number of carbonyl (C=O) groups excluding carboxylic acids is 1. The van der Waals surface area contributed by atoms with Gasteiger partial charge in [0.05, 0.1) is 17.9 Å². The van der Waals surface area contributed by atoms with Crippen LogP contribution in [0.4, 0.5) is 5.69 Å². The molecule has 4 aromatic rings. The highest BCUT2D eigenvalue weighted by atomic mass is 32.1. The minimum atomic E-state index is -0.258. The predicted molar refractivity (Wildman–Crippen MR) is 119 cm³/mol. The van der Waals surface area contributed by atoms with Crippen molar-refractivity contribution in [2.75, 3.05) is 18.5 Å². The number of aromatic nitrogens is 2. The zero-order valence-corrected chi connectivity index (χ0v) is 17.7. The van der Waals surface area contributed by atoms with Gasteiger partial charge in [-0.05, 0) is 54.3 Å². The zero-order valence-electron chi connectivity index (χ0n) is 16.9. The van der Waals surface area contributed by atoms with Crippen molar-refractivity contribution in [3.63, 3.8) is 0 Å². The van der Waals surface area contributed by atoms with Crippen LogP contribution in [0.2, 0.25) is 0 Å². The van der Waals surface area contributed by atoms with Crippen molar-refractivity contribution in [2.24, 2.45) is 0 Å². The van der Waals surface area contributed by atoms with Gasteiger partial charge < -0.3 is 19.3 Å². The Kier molecular flexibility index (Phi) is 6.59. The fraction of sp³-hybridized carbons (Fsp3) is 0.174. The Balaban J connectivity index is 1.36. The average Bonchev–Trinajstić information content (AvgIpc) is 3.47. The lowest BCUT2D eigenvalue weighted by Crippen LogP contribution is -2.21. The Morgan fingerprint density at radius 1 is 1.03 bits per heavy atom. The van der Waals surface area contributed by atoms with Crippen LogP contribution in [0.25, 0.3) is 10.7 Å². The van der Waals surface area contributed by atoms with Crippen LogP contribution < -0.4 is 14.8 Å². The quantitative estimate of drug-likeness (QED) is 0.406. The number of benzene rings is 2. The number of anilines is 1. The molecule has 0 bridgehead atoms. The van der Waals surface area contributed by atoms with Crippen molar-refractivity contribution in [3.8, 4) is 22.2 Å². The van der Waals surface area contributed by atoms with Crippen LogP contribution in [0.5, 0.6) is 11.5 Å². The second-order valence-electron chi connectivity index (χ2n) is 6.56. The van der Waals surface area contributed by atoms with Crippen molar-refractivity contribution in [1.82, 2.24) is 10.1 Å². The molecule has 0 saturated heterocycles. The van der Waals surface area contributed by atoms with E-state index in [2.05, 4.69) is 15.5 Å². The molecule has 4 rings (SSSR count). The first-order valence-corrected chi connectivity index (χ1v) is 10.7. The molecule has 0 saturated carbocycles. The summed E-state index contributed by atoms with van der Waals surface area (Å²) in [5.74, 6) is 2.15. The Morgan fingerprint density at radius 3 is 2.55 bits per heavy atom. The standard InChI is InChI=1S/C23H21N3O4S/c1-2-28-17-9-11-18(12-10-17)29-15-21(27)24-19-7-4-3-6-16(19)14-22-25-23(26-30-22)20-8-5-13-31-20/h3-13H,2,14-15H2,1H3,(H,24,27). The summed E-state index contributed by atoms with van der Waals surface area (Å²) in [6, 6.07) is 18.5. The predicted octanol–water partition coefficient (Wildman–Crippen LogP) is 4.81. The monoisotopic (exact) mass is 435 g/mol. The summed E-state index contributed by atoms with van der Waals surface area (Å²) in [5.41, 5.74) is 1.55. The van der Waals surface area contributed by atoms with Crippen LogP contribution in [-0.4, -0.2) is 29.3 Å². The number of rotatable bonds is 9. The lowest BCUT2D eigenvalue weighted by molar-refractivity contribution is -0.118. The first kappa shape index (κ1) is 20.6. The molecule has 0 fully saturated rings. The molecule has 1 N–H and O–H groups in total. The van der Waals surface area contributed by atoms with E-state index < -0.39 is 0 Å². The Hall–Kier alpha value is -3.65. The minimum Gasteiger partial charge on any atom is -0.494 e. The van der Waals surface area contributed by atoms with Gasteiger partial charge in [0, 0.05) is 5.69 Å². The van der Waals surface area contributed by atoms with E-state index in [1.54, 1.807) is 35.6 Å². The lowest BCUT2D eigenvalue weighted by atomic mass is 10.1. The van der Waals surface area contributed by atoms with Crippen molar-refractivity contribution in [3.05, 3.63) is 77.5 Å². The molecule has 0 radical (unpaired) electrons. The van der Waals surface area contributed by atoms with Gasteiger partial charge in [-0.3, -0.25) is 4.79 Å². The third-order valence-electron chi connectivity index (χ3n) is 4.35. The number of thiophene rings is 1. The molecule has 158 valence electrons. The normalized spacial score (nSPS) is 10.6. The maximum atomic E-state index is 12.4. The van der Waals surface area contributed by atoms with E-state index in [0.29, 0.717) is 36.2 Å². The molecule has 2 aromatic heterocycles. The molecule has 0 aliphatic heterocycles. The smallest absolute Gasteiger partial charge is 0.262 e. The van der Waals surface area contributed by atoms with Gasteiger partial charge in [0.2, 0.25) is 11.7 Å². The van der Waals surface area contributed by atoms with Crippen LogP contribution in [0.3, 0.4) is 0 Å². The molecule has 7 nitrogen and oxygen atoms in total. The van der Waals surface area contributed by atoms with E-state index >= 15 is 0 Å². The average molecular weight is 436 g/mol. The zero-order chi connectivity index (χ0) is 21.5. The summed E-state index contributed by atoms with van der Waals surface area (Å²) in [6.07, 6.45) is 0.411. The molecule has 2 aromatic carbocycles. The number of amides is 1. The largest absolute Gasteiger partial charge is 0.494 e. The van der Waals surface area contributed by atoms with Gasteiger partial charge in [0.1, 0.15) is 11.5 Å². The summed E-state index contributed by atoms with van der Waals surface area (Å²) in [7, 11) is 0. The maximum Gasteiger partial charge on any atom is 0.262 e. The van der Waals surface area contributed by atoms with Gasteiger partial charge in [-0.15, -0.1) is 11.3 Å². The summed E-state index contributed by atoms with van der Waals surface area (Å²) < 4.78 is 16.3. The van der Waals surface area contributed by atoms with Crippen molar-refractivity contribution < 1.29 is 18.8 Å². The van der Waals surface area contributed by atoms with E-state index in [-0.39, 0.29) is 12.5 Å². The first-order valence-electron chi connectivity index (χ1n) is 9.81. The van der Waals surface area contributed by atoms with E-state index in [9.17, 15) is 4.79 Å². The molecule has 0 atom stereocenters. The molecule has 31 heavy (non-hydrogen) atoms. The lowest BCUT2D eigenvalue weighted by Gasteiger charge is -2.11. The molecular formula is C23H21N3O4S. The highest BCUT2D eigenvalue weighted by Crippen LogP contribution is 2.24. The van der Waals surface area contributed by atoms with Crippen molar-refractivity contribution >= 4 is 22.9 Å². The summed E-state index contributed by atoms with van der Waals surface area (Å²) in [4.78, 5) is 17.8. The SMILES string of the molecule is CCOc1ccc(OCC(=O)Nc2ccccc2Cc2nc(-c3cccs3)no2)cc1. The van der Waals surface area contributed by atoms with Crippen molar-refractivity contribution in [2.45, 2.75) is 13.3 Å². The summed E-state index contributed by atoms with van der Waals surface area (Å²) in [5, 5.41) is 8.89. The van der Waals surface area contributed by atoms with E-state index in [1.165, 1.54) is 0 Å². The van der Waals surface area contributed by atoms with E-state index in [0.717, 1.165) is 16.2 Å². The molecule has 2 heterocycles. The number of nitrogens with one attached hydrogen (secondary N) is 1. The van der Waals surface area contributed by atoms with E-state index in [1.807, 2.05) is 48.7 Å². The van der Waals surface area contributed by atoms with Crippen molar-refractivity contribution in [1.29, 1.82) is 0 Å². The molecule has 1 amide bonds. The van der Waals surface area contributed by atoms with Crippen LogP contribution in [0, 0.1) is 0 Å². The Bertz CT molecular complexity index is 1120. The molecule has 0 aliphatic carbocycles. The molecule has 0 unspecified atom stereocenters. The minimum absolute atomic E-state index is 0.106.